The second-order valence-corrected chi connectivity index (χ2v) is 17.2. The topological polar surface area (TPSA) is 29.5 Å². The van der Waals surface area contributed by atoms with Crippen molar-refractivity contribution in [2.45, 2.75) is 11.3 Å². The van der Waals surface area contributed by atoms with Gasteiger partial charge in [-0.1, -0.05) is 164 Å². The molecule has 2 aliphatic carbocycles. The molecule has 302 valence electrons. The first-order valence-electron chi connectivity index (χ1n) is 22.1. The molecule has 64 heavy (non-hydrogen) atoms. The lowest BCUT2D eigenvalue weighted by atomic mass is 9.63. The Bertz CT molecular complexity index is 3420. The summed E-state index contributed by atoms with van der Waals surface area (Å²) in [5.74, 6) is 0.254. The van der Waals surface area contributed by atoms with Crippen molar-refractivity contribution in [3.63, 3.8) is 0 Å². The number of allylic oxidation sites excluding steroid dienone is 4. The number of anilines is 3. The Kier molecular flexibility index (Phi) is 8.26. The van der Waals surface area contributed by atoms with Gasteiger partial charge in [0.2, 0.25) is 0 Å². The van der Waals surface area contributed by atoms with Crippen LogP contribution in [0, 0.1) is 5.92 Å². The molecule has 9 aromatic carbocycles. The first kappa shape index (κ1) is 36.5. The average Bonchev–Trinajstić information content (AvgIpc) is 4.03. The SMILES string of the molecule is C1=CC2c3ccc(N(c4ccc(-c5ccccc5)cc4)c4ccc(-c5ccccc5)cc4)cc3C(c3ccc4oc5ccccc5c4c3)(c3ccc4oc5ccccc5c4c3)C2C=C1. The normalized spacial score (nSPS) is 16.1. The number of hydrogen-bond donors (Lipinski definition) is 0. The van der Waals surface area contributed by atoms with Crippen LogP contribution in [0.3, 0.4) is 0 Å². The lowest BCUT2D eigenvalue weighted by Gasteiger charge is -2.39. The zero-order chi connectivity index (χ0) is 42.2. The van der Waals surface area contributed by atoms with Crippen molar-refractivity contribution < 1.29 is 8.83 Å². The van der Waals surface area contributed by atoms with Crippen molar-refractivity contribution in [3.05, 3.63) is 259 Å². The summed E-state index contributed by atoms with van der Waals surface area (Å²) in [6.07, 6.45) is 9.32. The van der Waals surface area contributed by atoms with Crippen molar-refractivity contribution in [1.29, 1.82) is 0 Å². The molecule has 3 heteroatoms. The summed E-state index contributed by atoms with van der Waals surface area (Å²) in [4.78, 5) is 2.42. The van der Waals surface area contributed by atoms with E-state index in [0.717, 1.165) is 60.9 Å². The lowest BCUT2D eigenvalue weighted by molar-refractivity contribution is 0.457. The van der Waals surface area contributed by atoms with E-state index in [4.69, 9.17) is 8.83 Å². The molecule has 0 spiro atoms. The van der Waals surface area contributed by atoms with Crippen LogP contribution in [0.15, 0.2) is 245 Å². The number of hydrogen-bond acceptors (Lipinski definition) is 3. The van der Waals surface area contributed by atoms with Crippen molar-refractivity contribution >= 4 is 60.9 Å². The Morgan fingerprint density at radius 3 is 1.36 bits per heavy atom. The molecular formula is C61H41NO2. The van der Waals surface area contributed by atoms with Gasteiger partial charge in [-0.3, -0.25) is 0 Å². The molecule has 2 atom stereocenters. The van der Waals surface area contributed by atoms with Crippen LogP contribution in [0.25, 0.3) is 66.1 Å². The smallest absolute Gasteiger partial charge is 0.135 e. The van der Waals surface area contributed by atoms with Crippen LogP contribution in [0.4, 0.5) is 17.1 Å². The lowest BCUT2D eigenvalue weighted by Crippen LogP contribution is -2.35. The van der Waals surface area contributed by atoms with Gasteiger partial charge in [0.05, 0.1) is 5.41 Å². The quantitative estimate of drug-likeness (QED) is 0.160. The molecule has 2 unspecified atom stereocenters. The van der Waals surface area contributed by atoms with Gasteiger partial charge in [-0.2, -0.15) is 0 Å². The molecule has 2 aliphatic rings. The number of rotatable bonds is 7. The van der Waals surface area contributed by atoms with Gasteiger partial charge >= 0.3 is 0 Å². The monoisotopic (exact) mass is 819 g/mol. The van der Waals surface area contributed by atoms with Gasteiger partial charge in [0.15, 0.2) is 0 Å². The number of nitrogens with zero attached hydrogens (tertiary/aromatic N) is 1. The van der Waals surface area contributed by atoms with E-state index < -0.39 is 5.41 Å². The Labute approximate surface area is 371 Å². The van der Waals surface area contributed by atoms with Crippen LogP contribution in [0.1, 0.15) is 28.2 Å². The zero-order valence-electron chi connectivity index (χ0n) is 34.9. The minimum atomic E-state index is -0.587. The third-order valence-electron chi connectivity index (χ3n) is 13.8. The minimum absolute atomic E-state index is 0.0951. The van der Waals surface area contributed by atoms with Crippen LogP contribution in [0.2, 0.25) is 0 Å². The van der Waals surface area contributed by atoms with Crippen LogP contribution >= 0.6 is 0 Å². The second-order valence-electron chi connectivity index (χ2n) is 17.2. The van der Waals surface area contributed by atoms with E-state index >= 15 is 0 Å². The minimum Gasteiger partial charge on any atom is -0.456 e. The third kappa shape index (κ3) is 5.60. The number of furan rings is 2. The summed E-state index contributed by atoms with van der Waals surface area (Å²) < 4.78 is 12.9. The molecule has 2 aromatic heterocycles. The van der Waals surface area contributed by atoms with Crippen molar-refractivity contribution in [3.8, 4) is 22.3 Å². The Balaban J connectivity index is 1.07. The summed E-state index contributed by atoms with van der Waals surface area (Å²) in [5, 5.41) is 4.49. The zero-order valence-corrected chi connectivity index (χ0v) is 34.9. The predicted molar refractivity (Wildman–Crippen MR) is 264 cm³/mol. The van der Waals surface area contributed by atoms with E-state index in [-0.39, 0.29) is 11.8 Å². The molecule has 0 radical (unpaired) electrons. The molecule has 0 bridgehead atoms. The van der Waals surface area contributed by atoms with Crippen molar-refractivity contribution in [2.75, 3.05) is 4.90 Å². The van der Waals surface area contributed by atoms with Gasteiger partial charge < -0.3 is 13.7 Å². The summed E-state index contributed by atoms with van der Waals surface area (Å²) in [6, 6.07) is 77.1. The fourth-order valence-corrected chi connectivity index (χ4v) is 10.9. The molecule has 11 aromatic rings. The number of benzene rings is 9. The number of fused-ring (bicyclic) bond motifs is 9. The van der Waals surface area contributed by atoms with E-state index in [1.807, 2.05) is 12.1 Å². The highest BCUT2D eigenvalue weighted by atomic mass is 16.3. The molecular weight excluding hydrogens is 779 g/mol. The van der Waals surface area contributed by atoms with Gasteiger partial charge in [-0.05, 0) is 117 Å². The van der Waals surface area contributed by atoms with Crippen LogP contribution < -0.4 is 4.90 Å². The van der Waals surface area contributed by atoms with Gasteiger partial charge in [0.25, 0.3) is 0 Å². The summed E-state index contributed by atoms with van der Waals surface area (Å²) in [7, 11) is 0. The van der Waals surface area contributed by atoms with E-state index in [1.165, 1.54) is 44.5 Å². The van der Waals surface area contributed by atoms with E-state index in [1.54, 1.807) is 0 Å². The van der Waals surface area contributed by atoms with Crippen LogP contribution in [0.5, 0.6) is 0 Å². The maximum atomic E-state index is 6.46. The maximum Gasteiger partial charge on any atom is 0.135 e. The van der Waals surface area contributed by atoms with Crippen LogP contribution in [-0.2, 0) is 5.41 Å². The Morgan fingerprint density at radius 2 is 0.812 bits per heavy atom. The number of para-hydroxylation sites is 2. The van der Waals surface area contributed by atoms with Crippen molar-refractivity contribution in [1.82, 2.24) is 0 Å². The largest absolute Gasteiger partial charge is 0.456 e. The predicted octanol–water partition coefficient (Wildman–Crippen LogP) is 16.5. The third-order valence-corrected chi connectivity index (χ3v) is 13.8. The summed E-state index contributed by atoms with van der Waals surface area (Å²) >= 11 is 0. The molecule has 0 amide bonds. The molecule has 2 heterocycles. The summed E-state index contributed by atoms with van der Waals surface area (Å²) in [5.41, 5.74) is 16.1. The first-order chi connectivity index (χ1) is 31.7. The van der Waals surface area contributed by atoms with Crippen LogP contribution in [-0.4, -0.2) is 0 Å². The fourth-order valence-electron chi connectivity index (χ4n) is 10.9. The fraction of sp³-hybridized carbons (Fsp3) is 0.0492. The summed E-state index contributed by atoms with van der Waals surface area (Å²) in [6.45, 7) is 0. The van der Waals surface area contributed by atoms with E-state index in [9.17, 15) is 0 Å². The highest BCUT2D eigenvalue weighted by molar-refractivity contribution is 6.06. The standard InChI is InChI=1S/C61H41NO2/c1-3-13-40(14-4-1)42-23-29-46(30-24-42)62(47-31-25-43(26-32-47)41-15-5-2-6-16-41)48-33-34-50-49-17-7-10-20-55(49)61(56(50)39-48,44-27-35-59-53(37-44)51-18-8-11-21-57(51)63-59)45-28-36-60-54(38-45)52-19-9-12-22-58(52)64-60/h1-39,49,55H. The molecule has 0 saturated carbocycles. The molecule has 0 fully saturated rings. The first-order valence-corrected chi connectivity index (χ1v) is 22.1. The maximum absolute atomic E-state index is 6.46. The molecule has 0 aliphatic heterocycles. The van der Waals surface area contributed by atoms with Gasteiger partial charge in [-0.15, -0.1) is 0 Å². The van der Waals surface area contributed by atoms with Crippen molar-refractivity contribution in [2.24, 2.45) is 5.92 Å². The van der Waals surface area contributed by atoms with E-state index in [0.29, 0.717) is 0 Å². The Hall–Kier alpha value is -8.14. The van der Waals surface area contributed by atoms with E-state index in [2.05, 4.69) is 229 Å². The average molecular weight is 820 g/mol. The van der Waals surface area contributed by atoms with Gasteiger partial charge in [0, 0.05) is 50.4 Å². The molecule has 3 nitrogen and oxygen atoms in total. The second kappa shape index (κ2) is 14.5. The Morgan fingerprint density at radius 1 is 0.359 bits per heavy atom. The highest BCUT2D eigenvalue weighted by Crippen LogP contribution is 2.61. The molecule has 13 rings (SSSR count). The van der Waals surface area contributed by atoms with Gasteiger partial charge in [0.1, 0.15) is 22.3 Å². The highest BCUT2D eigenvalue weighted by Gasteiger charge is 2.53. The molecule has 0 saturated heterocycles. The molecule has 0 N–H and O–H groups in total. The van der Waals surface area contributed by atoms with Gasteiger partial charge in [-0.25, -0.2) is 0 Å².